The molecular weight excluding hydrogens is 292 g/mol. The van der Waals surface area contributed by atoms with E-state index in [2.05, 4.69) is 0 Å². The Labute approximate surface area is 135 Å². The largest absolute Gasteiger partial charge is 0.508 e. The summed E-state index contributed by atoms with van der Waals surface area (Å²) in [4.78, 5) is 11.6. The fourth-order valence-electron chi connectivity index (χ4n) is 2.69. The summed E-state index contributed by atoms with van der Waals surface area (Å²) >= 11 is 0. The van der Waals surface area contributed by atoms with Crippen LogP contribution in [0.2, 0.25) is 0 Å². The van der Waals surface area contributed by atoms with Gasteiger partial charge >= 0.3 is 5.97 Å². The molecule has 120 valence electrons. The zero-order valence-electron chi connectivity index (χ0n) is 13.1. The van der Waals surface area contributed by atoms with Gasteiger partial charge in [-0.3, -0.25) is 0 Å². The third-order valence-corrected chi connectivity index (χ3v) is 4.21. The predicted octanol–water partition coefficient (Wildman–Crippen LogP) is 3.68. The summed E-state index contributed by atoms with van der Waals surface area (Å²) in [7, 11) is 0. The van der Waals surface area contributed by atoms with Gasteiger partial charge in [0.25, 0.3) is 0 Å². The number of aromatic hydroxyl groups is 1. The lowest BCUT2D eigenvalue weighted by Crippen LogP contribution is -2.17. The average molecular weight is 312 g/mol. The molecule has 23 heavy (non-hydrogen) atoms. The van der Waals surface area contributed by atoms with E-state index in [1.54, 1.807) is 37.3 Å². The van der Waals surface area contributed by atoms with E-state index in [-0.39, 0.29) is 11.4 Å². The SMILES string of the molecule is CCOC(=O)c1ccc(OCC2(c3ccccc3O)CC2)cc1. The highest BCUT2D eigenvalue weighted by atomic mass is 16.5. The molecule has 0 aliphatic heterocycles. The van der Waals surface area contributed by atoms with Crippen molar-refractivity contribution in [1.29, 1.82) is 0 Å². The molecule has 0 aromatic heterocycles. The van der Waals surface area contributed by atoms with Crippen LogP contribution >= 0.6 is 0 Å². The first-order chi connectivity index (χ1) is 11.1. The van der Waals surface area contributed by atoms with Crippen molar-refractivity contribution < 1.29 is 19.4 Å². The predicted molar refractivity (Wildman–Crippen MR) is 86.9 cm³/mol. The Morgan fingerprint density at radius 1 is 1.13 bits per heavy atom. The van der Waals surface area contributed by atoms with Crippen LogP contribution in [0.15, 0.2) is 48.5 Å². The normalized spacial score (nSPS) is 15.0. The summed E-state index contributed by atoms with van der Waals surface area (Å²) in [5.74, 6) is 0.706. The molecule has 0 atom stereocenters. The second-order valence-corrected chi connectivity index (χ2v) is 5.83. The Bertz CT molecular complexity index is 687. The second-order valence-electron chi connectivity index (χ2n) is 5.83. The fourth-order valence-corrected chi connectivity index (χ4v) is 2.69. The number of hydrogen-bond acceptors (Lipinski definition) is 4. The number of hydrogen-bond donors (Lipinski definition) is 1. The molecule has 1 saturated carbocycles. The average Bonchev–Trinajstić information content (AvgIpc) is 3.35. The molecule has 1 aliphatic carbocycles. The highest BCUT2D eigenvalue weighted by Crippen LogP contribution is 2.51. The lowest BCUT2D eigenvalue weighted by molar-refractivity contribution is 0.0526. The molecule has 2 aromatic carbocycles. The quantitative estimate of drug-likeness (QED) is 0.827. The second kappa shape index (κ2) is 6.32. The number of carbonyl (C=O) groups is 1. The van der Waals surface area contributed by atoms with Crippen molar-refractivity contribution in [2.24, 2.45) is 0 Å². The smallest absolute Gasteiger partial charge is 0.338 e. The monoisotopic (exact) mass is 312 g/mol. The minimum Gasteiger partial charge on any atom is -0.508 e. The fraction of sp³-hybridized carbons (Fsp3) is 0.316. The molecular formula is C19H20O4. The van der Waals surface area contributed by atoms with Gasteiger partial charge in [0, 0.05) is 11.0 Å². The van der Waals surface area contributed by atoms with Crippen LogP contribution in [-0.2, 0) is 10.2 Å². The van der Waals surface area contributed by atoms with Gasteiger partial charge in [-0.2, -0.15) is 0 Å². The van der Waals surface area contributed by atoms with E-state index in [4.69, 9.17) is 9.47 Å². The molecule has 1 aliphatic rings. The molecule has 0 radical (unpaired) electrons. The third-order valence-electron chi connectivity index (χ3n) is 4.21. The molecule has 0 unspecified atom stereocenters. The van der Waals surface area contributed by atoms with E-state index < -0.39 is 0 Å². The highest BCUT2D eigenvalue weighted by Gasteiger charge is 2.46. The molecule has 1 N–H and O–H groups in total. The summed E-state index contributed by atoms with van der Waals surface area (Å²) in [5, 5.41) is 10.0. The lowest BCUT2D eigenvalue weighted by atomic mass is 9.96. The van der Waals surface area contributed by atoms with Gasteiger partial charge < -0.3 is 14.6 Å². The van der Waals surface area contributed by atoms with Crippen LogP contribution in [-0.4, -0.2) is 24.3 Å². The molecule has 0 bridgehead atoms. The van der Waals surface area contributed by atoms with Crippen LogP contribution < -0.4 is 4.74 Å². The number of phenols is 1. The summed E-state index contributed by atoms with van der Waals surface area (Å²) in [6.45, 7) is 2.66. The Morgan fingerprint density at radius 2 is 1.83 bits per heavy atom. The van der Waals surface area contributed by atoms with E-state index in [9.17, 15) is 9.90 Å². The minimum atomic E-state index is -0.327. The molecule has 3 rings (SSSR count). The molecule has 4 heteroatoms. The maximum atomic E-state index is 11.6. The van der Waals surface area contributed by atoms with Crippen LogP contribution in [0.4, 0.5) is 0 Å². The topological polar surface area (TPSA) is 55.8 Å². The molecule has 0 saturated heterocycles. The Hall–Kier alpha value is -2.49. The van der Waals surface area contributed by atoms with Crippen molar-refractivity contribution in [2.75, 3.05) is 13.2 Å². The van der Waals surface area contributed by atoms with Crippen molar-refractivity contribution >= 4 is 5.97 Å². The molecule has 0 amide bonds. The molecule has 0 heterocycles. The summed E-state index contributed by atoms with van der Waals surface area (Å²) in [5.41, 5.74) is 1.37. The summed E-state index contributed by atoms with van der Waals surface area (Å²) < 4.78 is 10.8. The van der Waals surface area contributed by atoms with Gasteiger partial charge in [-0.25, -0.2) is 4.79 Å². The number of carbonyl (C=O) groups excluding carboxylic acids is 1. The van der Waals surface area contributed by atoms with Crippen molar-refractivity contribution in [3.63, 3.8) is 0 Å². The lowest BCUT2D eigenvalue weighted by Gasteiger charge is -2.18. The van der Waals surface area contributed by atoms with E-state index in [1.807, 2.05) is 18.2 Å². The highest BCUT2D eigenvalue weighted by molar-refractivity contribution is 5.89. The van der Waals surface area contributed by atoms with Crippen LogP contribution in [0.5, 0.6) is 11.5 Å². The number of ether oxygens (including phenoxy) is 2. The van der Waals surface area contributed by atoms with Crippen LogP contribution in [0.3, 0.4) is 0 Å². The number of benzene rings is 2. The molecule has 2 aromatic rings. The van der Waals surface area contributed by atoms with E-state index in [1.165, 1.54) is 0 Å². The molecule has 0 spiro atoms. The van der Waals surface area contributed by atoms with Gasteiger partial charge in [-0.15, -0.1) is 0 Å². The van der Waals surface area contributed by atoms with Crippen molar-refractivity contribution in [1.82, 2.24) is 0 Å². The van der Waals surface area contributed by atoms with Gasteiger partial charge in [0.2, 0.25) is 0 Å². The van der Waals surface area contributed by atoms with E-state index in [0.717, 1.165) is 18.4 Å². The van der Waals surface area contributed by atoms with E-state index in [0.29, 0.717) is 30.3 Å². The van der Waals surface area contributed by atoms with Crippen molar-refractivity contribution in [2.45, 2.75) is 25.2 Å². The van der Waals surface area contributed by atoms with Crippen LogP contribution in [0, 0.1) is 0 Å². The van der Waals surface area contributed by atoms with Gasteiger partial charge in [-0.05, 0) is 50.1 Å². The number of rotatable bonds is 6. The maximum Gasteiger partial charge on any atom is 0.338 e. The molecule has 1 fully saturated rings. The first kappa shape index (κ1) is 15.4. The third kappa shape index (κ3) is 3.31. The summed E-state index contributed by atoms with van der Waals surface area (Å²) in [6, 6.07) is 14.4. The minimum absolute atomic E-state index is 0.0921. The number of esters is 1. The van der Waals surface area contributed by atoms with E-state index >= 15 is 0 Å². The first-order valence-corrected chi connectivity index (χ1v) is 7.83. The van der Waals surface area contributed by atoms with Gasteiger partial charge in [-0.1, -0.05) is 18.2 Å². The maximum absolute atomic E-state index is 11.6. The molecule has 4 nitrogen and oxygen atoms in total. The van der Waals surface area contributed by atoms with Crippen LogP contribution in [0.25, 0.3) is 0 Å². The standard InChI is InChI=1S/C19H20O4/c1-2-22-18(21)14-7-9-15(10-8-14)23-13-19(11-12-19)16-5-3-4-6-17(16)20/h3-10,20H,2,11-13H2,1H3. The van der Waals surface area contributed by atoms with Gasteiger partial charge in [0.1, 0.15) is 11.5 Å². The van der Waals surface area contributed by atoms with Crippen molar-refractivity contribution in [3.8, 4) is 11.5 Å². The van der Waals surface area contributed by atoms with Crippen LogP contribution in [0.1, 0.15) is 35.7 Å². The Balaban J connectivity index is 1.65. The Morgan fingerprint density at radius 3 is 2.43 bits per heavy atom. The number of phenolic OH excluding ortho intramolecular Hbond substituents is 1. The zero-order chi connectivity index (χ0) is 16.3. The Kier molecular flexibility index (Phi) is 4.24. The van der Waals surface area contributed by atoms with Gasteiger partial charge in [0.05, 0.1) is 18.8 Å². The number of para-hydroxylation sites is 1. The van der Waals surface area contributed by atoms with Gasteiger partial charge in [0.15, 0.2) is 0 Å². The summed E-state index contributed by atoms with van der Waals surface area (Å²) in [6.07, 6.45) is 2.01. The zero-order valence-corrected chi connectivity index (χ0v) is 13.1. The van der Waals surface area contributed by atoms with Crippen molar-refractivity contribution in [3.05, 3.63) is 59.7 Å². The first-order valence-electron chi connectivity index (χ1n) is 7.83.